The summed E-state index contributed by atoms with van der Waals surface area (Å²) in [5.74, 6) is 0.964. The third-order valence-corrected chi connectivity index (χ3v) is 10.0. The lowest BCUT2D eigenvalue weighted by molar-refractivity contribution is -0.137. The smallest absolute Gasteiger partial charge is 0.359 e. The Balaban J connectivity index is 1.31. The molecule has 0 N–H and O–H groups in total. The van der Waals surface area contributed by atoms with Crippen molar-refractivity contribution in [1.82, 2.24) is 24.5 Å². The van der Waals surface area contributed by atoms with E-state index in [-0.39, 0.29) is 11.4 Å². The lowest BCUT2D eigenvalue weighted by atomic mass is 9.98. The minimum atomic E-state index is -4.38. The highest BCUT2D eigenvalue weighted by molar-refractivity contribution is 7.98. The molecule has 0 fully saturated rings. The molecule has 0 aliphatic heterocycles. The number of aromatic nitrogens is 3. The average molecular weight is 706 g/mol. The first kappa shape index (κ1) is 35.6. The van der Waals surface area contributed by atoms with Crippen LogP contribution < -0.4 is 5.56 Å². The number of fused-ring (bicyclic) bond motifs is 1. The van der Waals surface area contributed by atoms with Gasteiger partial charge in [-0.1, -0.05) is 65.4 Å². The molecule has 5 aromatic rings. The first-order valence-electron chi connectivity index (χ1n) is 16.5. The van der Waals surface area contributed by atoms with Crippen molar-refractivity contribution in [1.29, 1.82) is 0 Å². The van der Waals surface area contributed by atoms with Crippen LogP contribution in [0.25, 0.3) is 11.1 Å². The topological polar surface area (TPSA) is 67.4 Å². The number of nitrogens with zero attached hydrogens (tertiary/aromatic N) is 5. The molecule has 1 aliphatic rings. The minimum Gasteiger partial charge on any atom is -0.359 e. The van der Waals surface area contributed by atoms with Crippen LogP contribution in [0.4, 0.5) is 17.6 Å². The van der Waals surface area contributed by atoms with Crippen LogP contribution >= 0.6 is 11.8 Å². The van der Waals surface area contributed by atoms with Crippen LogP contribution in [-0.2, 0) is 44.3 Å². The van der Waals surface area contributed by atoms with Crippen LogP contribution in [0.15, 0.2) is 87.3 Å². The van der Waals surface area contributed by atoms with Crippen LogP contribution in [0.2, 0.25) is 0 Å². The first-order chi connectivity index (χ1) is 23.9. The van der Waals surface area contributed by atoms with E-state index in [1.165, 1.54) is 36.0 Å². The van der Waals surface area contributed by atoms with Gasteiger partial charge in [-0.2, -0.15) is 18.2 Å². The molecule has 12 heteroatoms. The number of hydrogen-bond donors (Lipinski definition) is 0. The molecule has 7 nitrogen and oxygen atoms in total. The zero-order valence-electron chi connectivity index (χ0n) is 28.3. The molecular formula is C38H39F4N5O2S. The van der Waals surface area contributed by atoms with Gasteiger partial charge in [-0.3, -0.25) is 9.69 Å². The Labute approximate surface area is 292 Å². The van der Waals surface area contributed by atoms with Gasteiger partial charge >= 0.3 is 6.18 Å². The minimum absolute atomic E-state index is 0.202. The normalized spacial score (nSPS) is 13.1. The van der Waals surface area contributed by atoms with E-state index in [2.05, 4.69) is 24.5 Å². The van der Waals surface area contributed by atoms with Crippen LogP contribution in [-0.4, -0.2) is 58.7 Å². The van der Waals surface area contributed by atoms with Gasteiger partial charge in [0.15, 0.2) is 10.9 Å². The highest BCUT2D eigenvalue weighted by Crippen LogP contribution is 2.32. The third kappa shape index (κ3) is 8.54. The summed E-state index contributed by atoms with van der Waals surface area (Å²) in [6.45, 7) is 2.62. The van der Waals surface area contributed by atoms with Crippen molar-refractivity contribution < 1.29 is 22.1 Å². The molecule has 0 atom stereocenters. The summed E-state index contributed by atoms with van der Waals surface area (Å²) >= 11 is 1.44. The fourth-order valence-electron chi connectivity index (χ4n) is 6.13. The van der Waals surface area contributed by atoms with Crippen molar-refractivity contribution in [2.24, 2.45) is 0 Å². The molecular weight excluding hydrogens is 667 g/mol. The van der Waals surface area contributed by atoms with E-state index in [0.29, 0.717) is 42.4 Å². The molecule has 1 aliphatic carbocycles. The fourth-order valence-corrected chi connectivity index (χ4v) is 7.10. The Morgan fingerprint density at radius 1 is 0.880 bits per heavy atom. The number of alkyl halides is 3. The molecule has 2 aromatic heterocycles. The largest absolute Gasteiger partial charge is 0.416 e. The number of halogens is 4. The average Bonchev–Trinajstić information content (AvgIpc) is 3.73. The lowest BCUT2D eigenvalue weighted by Gasteiger charge is -2.19. The first-order valence-corrected chi connectivity index (χ1v) is 17.5. The second kappa shape index (κ2) is 15.3. The maximum atomic E-state index is 13.5. The lowest BCUT2D eigenvalue weighted by Crippen LogP contribution is -2.28. The highest BCUT2D eigenvalue weighted by atomic mass is 32.2. The van der Waals surface area contributed by atoms with Gasteiger partial charge in [0.25, 0.3) is 5.56 Å². The summed E-state index contributed by atoms with van der Waals surface area (Å²) in [6, 6.07) is 19.3. The maximum absolute atomic E-state index is 13.5. The Morgan fingerprint density at radius 3 is 2.20 bits per heavy atom. The number of hydrogen-bond acceptors (Lipinski definition) is 7. The monoisotopic (exact) mass is 705 g/mol. The zero-order chi connectivity index (χ0) is 35.4. The van der Waals surface area contributed by atoms with E-state index >= 15 is 0 Å². The summed E-state index contributed by atoms with van der Waals surface area (Å²) in [5, 5.41) is 5.17. The van der Waals surface area contributed by atoms with E-state index in [0.717, 1.165) is 83.0 Å². The summed E-state index contributed by atoms with van der Waals surface area (Å²) in [7, 11) is 6.10. The highest BCUT2D eigenvalue weighted by Gasteiger charge is 2.30. The third-order valence-electron chi connectivity index (χ3n) is 8.96. The van der Waals surface area contributed by atoms with Crippen LogP contribution in [0, 0.1) is 5.82 Å². The number of thioether (sulfide) groups is 1. The molecule has 3 aromatic carbocycles. The standard InChI is InChI=1S/C38H39F4N5O2S/c1-45(2)19-20-46(3)23-35-32(21-25-7-11-27(12-8-25)28-13-15-29(16-14-28)38(40,41)42)33(44-49-35)22-47-34-6-4-5-31(34)36(48)43-37(47)50-24-26-9-17-30(39)18-10-26/h7-18H,4-6,19-24H2,1-3H3. The molecule has 0 saturated carbocycles. The van der Waals surface area contributed by atoms with Gasteiger partial charge < -0.3 is 14.0 Å². The quantitative estimate of drug-likeness (QED) is 0.0716. The molecule has 0 spiro atoms. The molecule has 262 valence electrons. The molecule has 2 heterocycles. The van der Waals surface area contributed by atoms with E-state index < -0.39 is 11.7 Å². The van der Waals surface area contributed by atoms with Gasteiger partial charge in [-0.05, 0) is 86.9 Å². The molecule has 0 saturated heterocycles. The van der Waals surface area contributed by atoms with Crippen molar-refractivity contribution in [3.05, 3.63) is 134 Å². The van der Waals surface area contributed by atoms with Gasteiger partial charge in [0, 0.05) is 42.1 Å². The molecule has 0 radical (unpaired) electrons. The summed E-state index contributed by atoms with van der Waals surface area (Å²) in [5.41, 5.74) is 5.94. The van der Waals surface area contributed by atoms with Crippen LogP contribution in [0.3, 0.4) is 0 Å². The van der Waals surface area contributed by atoms with Crippen molar-refractivity contribution in [3.63, 3.8) is 0 Å². The summed E-state index contributed by atoms with van der Waals surface area (Å²) in [4.78, 5) is 21.9. The number of likely N-dealkylation sites (N-methyl/N-ethyl adjacent to an activating group) is 2. The van der Waals surface area contributed by atoms with E-state index in [1.54, 1.807) is 12.1 Å². The maximum Gasteiger partial charge on any atom is 0.416 e. The predicted molar refractivity (Wildman–Crippen MR) is 187 cm³/mol. The summed E-state index contributed by atoms with van der Waals surface area (Å²) < 4.78 is 60.9. The Kier molecular flexibility index (Phi) is 10.9. The summed E-state index contributed by atoms with van der Waals surface area (Å²) in [6.07, 6.45) is -1.54. The van der Waals surface area contributed by atoms with Gasteiger partial charge in [0.2, 0.25) is 0 Å². The molecule has 6 rings (SSSR count). The second-order valence-corrected chi connectivity index (χ2v) is 13.9. The van der Waals surface area contributed by atoms with E-state index in [4.69, 9.17) is 4.52 Å². The Bertz CT molecular complexity index is 1970. The van der Waals surface area contributed by atoms with Gasteiger partial charge in [0.1, 0.15) is 11.5 Å². The predicted octanol–water partition coefficient (Wildman–Crippen LogP) is 7.47. The van der Waals surface area contributed by atoms with Crippen molar-refractivity contribution in [2.75, 3.05) is 34.2 Å². The fraction of sp³-hybridized carbons (Fsp3) is 0.342. The van der Waals surface area contributed by atoms with E-state index in [1.807, 2.05) is 45.4 Å². The molecule has 0 unspecified atom stereocenters. The van der Waals surface area contributed by atoms with Crippen LogP contribution in [0.1, 0.15) is 51.4 Å². The Hall–Kier alpha value is -4.26. The van der Waals surface area contributed by atoms with Gasteiger partial charge in [0.05, 0.1) is 18.7 Å². The van der Waals surface area contributed by atoms with Gasteiger partial charge in [-0.25, -0.2) is 4.39 Å². The van der Waals surface area contributed by atoms with Crippen molar-refractivity contribution >= 4 is 11.8 Å². The molecule has 0 amide bonds. The van der Waals surface area contributed by atoms with Crippen LogP contribution in [0.5, 0.6) is 0 Å². The SMILES string of the molecule is CN(C)CCN(C)Cc1onc(Cn2c(SCc3ccc(F)cc3)nc(=O)c3c2CCC3)c1Cc1ccc(-c2ccc(C(F)(F)F)cc2)cc1. The van der Waals surface area contributed by atoms with Gasteiger partial charge in [-0.15, -0.1) is 0 Å². The Morgan fingerprint density at radius 2 is 1.54 bits per heavy atom. The van der Waals surface area contributed by atoms with Crippen molar-refractivity contribution in [2.45, 2.75) is 55.9 Å². The second-order valence-electron chi connectivity index (χ2n) is 13.0. The number of rotatable bonds is 13. The molecule has 50 heavy (non-hydrogen) atoms. The molecule has 0 bridgehead atoms. The van der Waals surface area contributed by atoms with E-state index in [9.17, 15) is 22.4 Å². The van der Waals surface area contributed by atoms with Crippen molar-refractivity contribution in [3.8, 4) is 11.1 Å². The number of benzene rings is 3. The zero-order valence-corrected chi connectivity index (χ0v) is 29.1.